The first kappa shape index (κ1) is 19.3. The molecule has 1 aliphatic carbocycles. The van der Waals surface area contributed by atoms with Gasteiger partial charge < -0.3 is 10.6 Å². The maximum Gasteiger partial charge on any atom is 0.251 e. The molecule has 156 valence electrons. The summed E-state index contributed by atoms with van der Waals surface area (Å²) in [6, 6.07) is 18.5. The van der Waals surface area contributed by atoms with Gasteiger partial charge in [0, 0.05) is 36.1 Å². The largest absolute Gasteiger partial charge is 0.367 e. The number of amides is 1. The fourth-order valence-corrected chi connectivity index (χ4v) is 3.69. The van der Waals surface area contributed by atoms with Crippen molar-refractivity contribution in [2.24, 2.45) is 0 Å². The molecular formula is C25H25N5O. The van der Waals surface area contributed by atoms with E-state index in [9.17, 15) is 4.79 Å². The van der Waals surface area contributed by atoms with Gasteiger partial charge in [-0.2, -0.15) is 0 Å². The minimum Gasteiger partial charge on any atom is -0.367 e. The normalized spacial score (nSPS) is 13.3. The number of benzene rings is 2. The summed E-state index contributed by atoms with van der Waals surface area (Å²) in [5, 5.41) is 6.45. The third kappa shape index (κ3) is 4.43. The lowest BCUT2D eigenvalue weighted by molar-refractivity contribution is 0.0951. The second-order valence-electron chi connectivity index (χ2n) is 7.95. The standard InChI is InChI=1S/C25H25N5O/c31-25(29-21-12-13-21)20-10-8-19(9-11-20)22-17-28-24-23(27-15-16-30(22)24)26-14-4-7-18-5-2-1-3-6-18/h1-3,5-6,8-11,15-17,21H,4,7,12-14H2,(H,26,27)(H,29,31). The lowest BCUT2D eigenvalue weighted by Crippen LogP contribution is -2.25. The summed E-state index contributed by atoms with van der Waals surface area (Å²) in [5.74, 6) is 0.778. The molecule has 0 radical (unpaired) electrons. The number of carbonyl (C=O) groups excluding carboxylic acids is 1. The third-order valence-electron chi connectivity index (χ3n) is 5.56. The highest BCUT2D eigenvalue weighted by Crippen LogP contribution is 2.24. The molecule has 2 aromatic heterocycles. The van der Waals surface area contributed by atoms with E-state index in [4.69, 9.17) is 0 Å². The molecule has 6 nitrogen and oxygen atoms in total. The van der Waals surface area contributed by atoms with Gasteiger partial charge in [0.25, 0.3) is 5.91 Å². The van der Waals surface area contributed by atoms with Crippen LogP contribution in [-0.4, -0.2) is 32.9 Å². The zero-order valence-electron chi connectivity index (χ0n) is 17.3. The van der Waals surface area contributed by atoms with Crippen LogP contribution in [0, 0.1) is 0 Å². The smallest absolute Gasteiger partial charge is 0.251 e. The van der Waals surface area contributed by atoms with Crippen LogP contribution in [-0.2, 0) is 6.42 Å². The molecule has 0 bridgehead atoms. The first-order valence-electron chi connectivity index (χ1n) is 10.8. The molecule has 2 heterocycles. The Bertz CT molecular complexity index is 1180. The molecule has 6 heteroatoms. The monoisotopic (exact) mass is 411 g/mol. The van der Waals surface area contributed by atoms with Gasteiger partial charge in [-0.15, -0.1) is 0 Å². The van der Waals surface area contributed by atoms with E-state index in [0.717, 1.165) is 55.0 Å². The molecule has 2 aromatic carbocycles. The van der Waals surface area contributed by atoms with Crippen molar-refractivity contribution in [3.63, 3.8) is 0 Å². The van der Waals surface area contributed by atoms with Crippen LogP contribution in [0.2, 0.25) is 0 Å². The number of rotatable bonds is 8. The zero-order valence-corrected chi connectivity index (χ0v) is 17.3. The second kappa shape index (κ2) is 8.60. The Labute approximate surface area is 181 Å². The predicted octanol–water partition coefficient (Wildman–Crippen LogP) is 4.33. The number of aromatic nitrogens is 3. The van der Waals surface area contributed by atoms with Crippen molar-refractivity contribution in [3.05, 3.63) is 84.3 Å². The number of fused-ring (bicyclic) bond motifs is 1. The molecule has 0 atom stereocenters. The molecule has 0 aliphatic heterocycles. The maximum absolute atomic E-state index is 12.2. The van der Waals surface area contributed by atoms with Crippen molar-refractivity contribution in [1.29, 1.82) is 0 Å². The molecular weight excluding hydrogens is 386 g/mol. The average Bonchev–Trinajstić information content (AvgIpc) is 3.52. The number of anilines is 1. The lowest BCUT2D eigenvalue weighted by atomic mass is 10.1. The van der Waals surface area contributed by atoms with Crippen LogP contribution < -0.4 is 10.6 Å². The van der Waals surface area contributed by atoms with Gasteiger partial charge >= 0.3 is 0 Å². The first-order chi connectivity index (χ1) is 15.3. The Balaban J connectivity index is 1.28. The molecule has 1 saturated carbocycles. The van der Waals surface area contributed by atoms with Crippen LogP contribution in [0.5, 0.6) is 0 Å². The highest BCUT2D eigenvalue weighted by Gasteiger charge is 2.23. The first-order valence-corrected chi connectivity index (χ1v) is 10.8. The van der Waals surface area contributed by atoms with E-state index < -0.39 is 0 Å². The second-order valence-corrected chi connectivity index (χ2v) is 7.95. The van der Waals surface area contributed by atoms with Gasteiger partial charge in [-0.1, -0.05) is 42.5 Å². The Morgan fingerprint density at radius 2 is 1.84 bits per heavy atom. The summed E-state index contributed by atoms with van der Waals surface area (Å²) in [6.45, 7) is 0.828. The highest BCUT2D eigenvalue weighted by atomic mass is 16.1. The summed E-state index contributed by atoms with van der Waals surface area (Å²) in [5.41, 5.74) is 4.81. The van der Waals surface area contributed by atoms with Gasteiger partial charge in [0.15, 0.2) is 11.5 Å². The van der Waals surface area contributed by atoms with Gasteiger partial charge in [0.1, 0.15) is 0 Å². The number of carbonyl (C=O) groups is 1. The molecule has 1 fully saturated rings. The topological polar surface area (TPSA) is 71.3 Å². The Kier molecular flexibility index (Phi) is 5.35. The van der Waals surface area contributed by atoms with Crippen molar-refractivity contribution in [2.75, 3.05) is 11.9 Å². The Morgan fingerprint density at radius 1 is 1.03 bits per heavy atom. The van der Waals surface area contributed by atoms with Crippen molar-refractivity contribution in [1.82, 2.24) is 19.7 Å². The number of hydrogen-bond donors (Lipinski definition) is 2. The molecule has 2 N–H and O–H groups in total. The number of hydrogen-bond acceptors (Lipinski definition) is 4. The minimum absolute atomic E-state index is 0.00150. The van der Waals surface area contributed by atoms with E-state index in [1.807, 2.05) is 47.1 Å². The molecule has 0 unspecified atom stereocenters. The van der Waals surface area contributed by atoms with E-state index in [1.165, 1.54) is 5.56 Å². The van der Waals surface area contributed by atoms with E-state index in [2.05, 4.69) is 44.9 Å². The van der Waals surface area contributed by atoms with Gasteiger partial charge in [0.2, 0.25) is 0 Å². The van der Waals surface area contributed by atoms with Crippen molar-refractivity contribution < 1.29 is 4.79 Å². The summed E-state index contributed by atoms with van der Waals surface area (Å²) in [4.78, 5) is 21.3. The molecule has 1 amide bonds. The predicted molar refractivity (Wildman–Crippen MR) is 122 cm³/mol. The van der Waals surface area contributed by atoms with Crippen molar-refractivity contribution >= 4 is 17.4 Å². The average molecular weight is 412 g/mol. The van der Waals surface area contributed by atoms with E-state index >= 15 is 0 Å². The van der Waals surface area contributed by atoms with Crippen LogP contribution in [0.15, 0.2) is 73.2 Å². The number of nitrogens with one attached hydrogen (secondary N) is 2. The number of imidazole rings is 1. The molecule has 0 saturated heterocycles. The number of nitrogens with zero attached hydrogens (tertiary/aromatic N) is 3. The van der Waals surface area contributed by atoms with Gasteiger partial charge in [-0.3, -0.25) is 9.20 Å². The Morgan fingerprint density at radius 3 is 2.61 bits per heavy atom. The summed E-state index contributed by atoms with van der Waals surface area (Å²) >= 11 is 0. The molecule has 4 aromatic rings. The van der Waals surface area contributed by atoms with Crippen LogP contribution in [0.3, 0.4) is 0 Å². The fourth-order valence-electron chi connectivity index (χ4n) is 3.69. The summed E-state index contributed by atoms with van der Waals surface area (Å²) in [6.07, 6.45) is 9.77. The van der Waals surface area contributed by atoms with Gasteiger partial charge in [-0.05, 0) is 43.4 Å². The molecule has 5 rings (SSSR count). The molecule has 1 aliphatic rings. The van der Waals surface area contributed by atoms with Gasteiger partial charge in [0.05, 0.1) is 11.9 Å². The molecule has 0 spiro atoms. The van der Waals surface area contributed by atoms with Crippen LogP contribution in [0.1, 0.15) is 35.2 Å². The van der Waals surface area contributed by atoms with E-state index in [1.54, 1.807) is 6.20 Å². The summed E-state index contributed by atoms with van der Waals surface area (Å²) in [7, 11) is 0. The van der Waals surface area contributed by atoms with Crippen LogP contribution in [0.4, 0.5) is 5.82 Å². The third-order valence-corrected chi connectivity index (χ3v) is 5.56. The Hall–Kier alpha value is -3.67. The SMILES string of the molecule is O=C(NC1CC1)c1ccc(-c2cnc3c(NCCCc4ccccc4)nccn23)cc1. The van der Waals surface area contributed by atoms with E-state index in [0.29, 0.717) is 11.6 Å². The van der Waals surface area contributed by atoms with Crippen molar-refractivity contribution in [3.8, 4) is 11.3 Å². The maximum atomic E-state index is 12.2. The summed E-state index contributed by atoms with van der Waals surface area (Å²) < 4.78 is 2.03. The van der Waals surface area contributed by atoms with Gasteiger partial charge in [-0.25, -0.2) is 9.97 Å². The molecule has 31 heavy (non-hydrogen) atoms. The van der Waals surface area contributed by atoms with Crippen molar-refractivity contribution in [2.45, 2.75) is 31.7 Å². The minimum atomic E-state index is -0.00150. The fraction of sp³-hybridized carbons (Fsp3) is 0.240. The number of aryl methyl sites for hydroxylation is 1. The lowest BCUT2D eigenvalue weighted by Gasteiger charge is -2.08. The van der Waals surface area contributed by atoms with E-state index in [-0.39, 0.29) is 5.91 Å². The quantitative estimate of drug-likeness (QED) is 0.423. The zero-order chi connectivity index (χ0) is 21.0. The van der Waals surface area contributed by atoms with Crippen LogP contribution in [0.25, 0.3) is 16.9 Å². The highest BCUT2D eigenvalue weighted by molar-refractivity contribution is 5.95. The van der Waals surface area contributed by atoms with Crippen LogP contribution >= 0.6 is 0 Å².